The fraction of sp³-hybridized carbons (Fsp3) is 0.462. The van der Waals surface area contributed by atoms with E-state index >= 15 is 0 Å². The van der Waals surface area contributed by atoms with E-state index in [1.165, 1.54) is 11.3 Å². The molecule has 1 N–H and O–H groups in total. The third-order valence-corrected chi connectivity index (χ3v) is 4.08. The van der Waals surface area contributed by atoms with E-state index in [1.807, 2.05) is 17.5 Å². The van der Waals surface area contributed by atoms with Crippen molar-refractivity contribution in [3.8, 4) is 10.8 Å². The van der Waals surface area contributed by atoms with Crippen molar-refractivity contribution in [3.05, 3.63) is 28.1 Å². The second kappa shape index (κ2) is 6.23. The predicted molar refractivity (Wildman–Crippen MR) is 76.1 cm³/mol. The smallest absolute Gasteiger partial charge is 0.387 e. The highest BCUT2D eigenvalue weighted by molar-refractivity contribution is 7.13. The van der Waals surface area contributed by atoms with Crippen LogP contribution >= 0.6 is 11.3 Å². The summed E-state index contributed by atoms with van der Waals surface area (Å²) in [5.74, 6) is -0.621. The molecule has 1 fully saturated rings. The Morgan fingerprint density at radius 3 is 3.00 bits per heavy atom. The number of nitrogens with one attached hydrogen (secondary N) is 1. The van der Waals surface area contributed by atoms with Crippen molar-refractivity contribution in [2.24, 2.45) is 0 Å². The van der Waals surface area contributed by atoms with E-state index in [2.05, 4.69) is 10.4 Å². The van der Waals surface area contributed by atoms with Gasteiger partial charge in [0, 0.05) is 19.3 Å². The SMILES string of the molecule is O=C(Cn1nc(-c2cccs2)oc1=O)NC1CCOCC1. The normalized spacial score (nSPS) is 16.0. The molecule has 8 heteroatoms. The summed E-state index contributed by atoms with van der Waals surface area (Å²) in [5, 5.41) is 8.80. The van der Waals surface area contributed by atoms with E-state index in [1.54, 1.807) is 0 Å². The van der Waals surface area contributed by atoms with Crippen LogP contribution in [0.4, 0.5) is 0 Å². The van der Waals surface area contributed by atoms with Gasteiger partial charge < -0.3 is 14.5 Å². The molecule has 1 aliphatic rings. The number of carbonyl (C=O) groups is 1. The monoisotopic (exact) mass is 309 g/mol. The Balaban J connectivity index is 1.64. The van der Waals surface area contributed by atoms with Crippen molar-refractivity contribution >= 4 is 17.2 Å². The van der Waals surface area contributed by atoms with E-state index in [0.29, 0.717) is 13.2 Å². The molecule has 0 aliphatic carbocycles. The molecule has 1 saturated heterocycles. The van der Waals surface area contributed by atoms with Gasteiger partial charge in [0.05, 0.1) is 4.88 Å². The van der Waals surface area contributed by atoms with Gasteiger partial charge in [-0.25, -0.2) is 4.79 Å². The Labute approximate surface area is 124 Å². The van der Waals surface area contributed by atoms with E-state index in [0.717, 1.165) is 22.4 Å². The third-order valence-electron chi connectivity index (χ3n) is 3.22. The molecule has 21 heavy (non-hydrogen) atoms. The quantitative estimate of drug-likeness (QED) is 0.905. The first-order valence-electron chi connectivity index (χ1n) is 6.71. The van der Waals surface area contributed by atoms with E-state index in [4.69, 9.17) is 9.15 Å². The average Bonchev–Trinajstić information content (AvgIpc) is 3.10. The lowest BCUT2D eigenvalue weighted by atomic mass is 10.1. The molecule has 7 nitrogen and oxygen atoms in total. The molecule has 0 atom stereocenters. The van der Waals surface area contributed by atoms with E-state index < -0.39 is 5.76 Å². The van der Waals surface area contributed by atoms with Gasteiger partial charge in [-0.15, -0.1) is 16.4 Å². The third kappa shape index (κ3) is 3.40. The maximum atomic E-state index is 11.9. The number of hydrogen-bond acceptors (Lipinski definition) is 6. The van der Waals surface area contributed by atoms with Crippen molar-refractivity contribution in [3.63, 3.8) is 0 Å². The number of carbonyl (C=O) groups excluding carboxylic acids is 1. The number of amides is 1. The van der Waals surface area contributed by atoms with Gasteiger partial charge in [0.1, 0.15) is 6.54 Å². The summed E-state index contributed by atoms with van der Waals surface area (Å²) in [5.41, 5.74) is 0. The maximum Gasteiger partial charge on any atom is 0.437 e. The van der Waals surface area contributed by atoms with Crippen LogP contribution in [0.25, 0.3) is 10.8 Å². The number of nitrogens with zero attached hydrogens (tertiary/aromatic N) is 2. The molecular formula is C13H15N3O4S. The summed E-state index contributed by atoms with van der Waals surface area (Å²) in [7, 11) is 0. The molecule has 2 aromatic rings. The van der Waals surface area contributed by atoms with Crippen molar-refractivity contribution < 1.29 is 13.9 Å². The lowest BCUT2D eigenvalue weighted by Crippen LogP contribution is -2.41. The van der Waals surface area contributed by atoms with Crippen LogP contribution in [0.3, 0.4) is 0 Å². The maximum absolute atomic E-state index is 11.9. The number of ether oxygens (including phenoxy) is 1. The largest absolute Gasteiger partial charge is 0.437 e. The van der Waals surface area contributed by atoms with E-state index in [9.17, 15) is 9.59 Å². The van der Waals surface area contributed by atoms with Crippen LogP contribution in [0.1, 0.15) is 12.8 Å². The van der Waals surface area contributed by atoms with Crippen LogP contribution in [-0.4, -0.2) is 34.9 Å². The van der Waals surface area contributed by atoms with Gasteiger partial charge in [-0.3, -0.25) is 4.79 Å². The Morgan fingerprint density at radius 2 is 2.29 bits per heavy atom. The fourth-order valence-corrected chi connectivity index (χ4v) is 2.80. The zero-order valence-corrected chi connectivity index (χ0v) is 12.1. The molecule has 2 aromatic heterocycles. The molecule has 0 radical (unpaired) electrons. The number of rotatable bonds is 4. The van der Waals surface area contributed by atoms with Gasteiger partial charge in [0.2, 0.25) is 5.91 Å². The Kier molecular flexibility index (Phi) is 4.16. The van der Waals surface area contributed by atoms with Crippen LogP contribution in [-0.2, 0) is 16.1 Å². The first kappa shape index (κ1) is 14.0. The number of aromatic nitrogens is 2. The van der Waals surface area contributed by atoms with Crippen LogP contribution < -0.4 is 11.1 Å². The summed E-state index contributed by atoms with van der Waals surface area (Å²) in [6.45, 7) is 1.17. The first-order valence-corrected chi connectivity index (χ1v) is 7.59. The Morgan fingerprint density at radius 1 is 1.48 bits per heavy atom. The minimum absolute atomic E-state index is 0.102. The molecule has 0 unspecified atom stereocenters. The number of thiophene rings is 1. The second-order valence-corrected chi connectivity index (χ2v) is 5.71. The molecule has 0 saturated carbocycles. The van der Waals surface area contributed by atoms with Gasteiger partial charge in [-0.1, -0.05) is 6.07 Å². The predicted octanol–water partition coefficient (Wildman–Crippen LogP) is 0.860. The van der Waals surface area contributed by atoms with E-state index in [-0.39, 0.29) is 24.4 Å². The topological polar surface area (TPSA) is 86.4 Å². The van der Waals surface area contributed by atoms with Gasteiger partial charge in [-0.05, 0) is 24.3 Å². The van der Waals surface area contributed by atoms with Crippen LogP contribution in [0.2, 0.25) is 0 Å². The molecule has 1 aliphatic heterocycles. The second-order valence-electron chi connectivity index (χ2n) is 4.76. The van der Waals surface area contributed by atoms with Crippen molar-refractivity contribution in [2.75, 3.05) is 13.2 Å². The van der Waals surface area contributed by atoms with Gasteiger partial charge in [-0.2, -0.15) is 4.68 Å². The lowest BCUT2D eigenvalue weighted by molar-refractivity contribution is -0.123. The zero-order chi connectivity index (χ0) is 14.7. The standard InChI is InChI=1S/C13H15N3O4S/c17-11(14-9-3-5-19-6-4-9)8-16-13(18)20-12(15-16)10-2-1-7-21-10/h1-2,7,9H,3-6,8H2,(H,14,17). The molecule has 0 spiro atoms. The average molecular weight is 309 g/mol. The summed E-state index contributed by atoms with van der Waals surface area (Å²) in [6, 6.07) is 3.75. The van der Waals surface area contributed by atoms with Gasteiger partial charge >= 0.3 is 5.76 Å². The minimum Gasteiger partial charge on any atom is -0.387 e. The molecule has 3 heterocycles. The minimum atomic E-state index is -0.625. The first-order chi connectivity index (χ1) is 10.2. The number of hydrogen-bond donors (Lipinski definition) is 1. The Hall–Kier alpha value is -1.93. The highest BCUT2D eigenvalue weighted by atomic mass is 32.1. The summed E-state index contributed by atoms with van der Waals surface area (Å²) in [6.07, 6.45) is 1.58. The summed E-state index contributed by atoms with van der Waals surface area (Å²) in [4.78, 5) is 24.4. The zero-order valence-electron chi connectivity index (χ0n) is 11.3. The lowest BCUT2D eigenvalue weighted by Gasteiger charge is -2.22. The summed E-state index contributed by atoms with van der Waals surface area (Å²) >= 11 is 1.42. The van der Waals surface area contributed by atoms with Gasteiger partial charge in [0.25, 0.3) is 5.89 Å². The molecule has 112 valence electrons. The molecular weight excluding hydrogens is 294 g/mol. The molecule has 0 bridgehead atoms. The molecule has 3 rings (SSSR count). The summed E-state index contributed by atoms with van der Waals surface area (Å²) < 4.78 is 11.3. The van der Waals surface area contributed by atoms with Crippen LogP contribution in [0.5, 0.6) is 0 Å². The van der Waals surface area contributed by atoms with Gasteiger partial charge in [0.15, 0.2) is 0 Å². The van der Waals surface area contributed by atoms with Crippen LogP contribution in [0, 0.1) is 0 Å². The van der Waals surface area contributed by atoms with Crippen molar-refractivity contribution in [1.29, 1.82) is 0 Å². The molecule has 1 amide bonds. The Bertz CT molecular complexity index is 655. The molecule has 0 aromatic carbocycles. The highest BCUT2D eigenvalue weighted by Crippen LogP contribution is 2.20. The van der Waals surface area contributed by atoms with Crippen molar-refractivity contribution in [1.82, 2.24) is 15.1 Å². The van der Waals surface area contributed by atoms with Crippen LogP contribution in [0.15, 0.2) is 26.7 Å². The van der Waals surface area contributed by atoms with Crippen molar-refractivity contribution in [2.45, 2.75) is 25.4 Å². The fourth-order valence-electron chi connectivity index (χ4n) is 2.16. The highest BCUT2D eigenvalue weighted by Gasteiger charge is 2.18.